The Morgan fingerprint density at radius 3 is 2.71 bits per heavy atom. The molecule has 3 rings (SSSR count). The highest BCUT2D eigenvalue weighted by Crippen LogP contribution is 2.27. The van der Waals surface area contributed by atoms with Crippen molar-refractivity contribution in [3.8, 4) is 0 Å². The smallest absolute Gasteiger partial charge is 0.329 e. The molecule has 2 heterocycles. The van der Waals surface area contributed by atoms with Gasteiger partial charge < -0.3 is 9.67 Å². The molecule has 0 spiro atoms. The van der Waals surface area contributed by atoms with Crippen LogP contribution in [0.5, 0.6) is 0 Å². The normalized spacial score (nSPS) is 11.9. The van der Waals surface area contributed by atoms with Crippen molar-refractivity contribution >= 4 is 28.3 Å². The van der Waals surface area contributed by atoms with Gasteiger partial charge >= 0.3 is 5.97 Å². The first-order valence-corrected chi connectivity index (χ1v) is 7.61. The van der Waals surface area contributed by atoms with Crippen molar-refractivity contribution in [3.05, 3.63) is 52.5 Å². The van der Waals surface area contributed by atoms with Crippen LogP contribution in [0.25, 0.3) is 11.0 Å². The van der Waals surface area contributed by atoms with Crippen molar-refractivity contribution in [2.45, 2.75) is 25.8 Å². The number of thiophene rings is 1. The molecule has 0 aliphatic rings. The highest BCUT2D eigenvalue weighted by Gasteiger charge is 2.33. The van der Waals surface area contributed by atoms with Crippen LogP contribution in [-0.2, 0) is 16.8 Å². The fraction of sp³-hybridized carbons (Fsp3) is 0.250. The summed E-state index contributed by atoms with van der Waals surface area (Å²) in [6.45, 7) is 3.42. The van der Waals surface area contributed by atoms with Gasteiger partial charge in [0.1, 0.15) is 11.4 Å². The van der Waals surface area contributed by atoms with Gasteiger partial charge in [0, 0.05) is 11.3 Å². The van der Waals surface area contributed by atoms with Crippen LogP contribution in [-0.4, -0.2) is 20.6 Å². The minimum absolute atomic E-state index is 0.642. The Bertz CT molecular complexity index is 788. The quantitative estimate of drug-likeness (QED) is 0.802. The number of para-hydroxylation sites is 2. The molecule has 108 valence electrons. The summed E-state index contributed by atoms with van der Waals surface area (Å²) >= 11 is 1.65. The molecule has 0 amide bonds. The summed E-state index contributed by atoms with van der Waals surface area (Å²) < 4.78 is 1.84. The molecule has 2 aromatic heterocycles. The SMILES string of the molecule is CC(C)(C(=O)O)n1c(Cc2cccs2)nc2ccccc21. The number of benzene rings is 1. The van der Waals surface area contributed by atoms with E-state index in [1.807, 2.05) is 46.3 Å². The molecule has 0 aliphatic heterocycles. The minimum atomic E-state index is -1.04. The van der Waals surface area contributed by atoms with Crippen LogP contribution in [0.3, 0.4) is 0 Å². The number of hydrogen-bond acceptors (Lipinski definition) is 3. The van der Waals surface area contributed by atoms with E-state index in [4.69, 9.17) is 0 Å². The second kappa shape index (κ2) is 5.00. The summed E-state index contributed by atoms with van der Waals surface area (Å²) in [6, 6.07) is 11.7. The van der Waals surface area contributed by atoms with E-state index < -0.39 is 11.5 Å². The van der Waals surface area contributed by atoms with E-state index >= 15 is 0 Å². The number of rotatable bonds is 4. The number of fused-ring (bicyclic) bond motifs is 1. The van der Waals surface area contributed by atoms with Gasteiger partial charge in [0.25, 0.3) is 0 Å². The lowest BCUT2D eigenvalue weighted by atomic mass is 10.0. The van der Waals surface area contributed by atoms with Crippen molar-refractivity contribution in [2.75, 3.05) is 0 Å². The van der Waals surface area contributed by atoms with E-state index in [9.17, 15) is 9.90 Å². The summed E-state index contributed by atoms with van der Waals surface area (Å²) in [4.78, 5) is 17.5. The lowest BCUT2D eigenvalue weighted by Gasteiger charge is -2.24. The van der Waals surface area contributed by atoms with Gasteiger partial charge in [-0.15, -0.1) is 11.3 Å². The van der Waals surface area contributed by atoms with Gasteiger partial charge in [0.15, 0.2) is 0 Å². The maximum Gasteiger partial charge on any atom is 0.329 e. The molecule has 4 nitrogen and oxygen atoms in total. The molecule has 1 N–H and O–H groups in total. The number of carboxylic acid groups (broad SMARTS) is 1. The van der Waals surface area contributed by atoms with Crippen LogP contribution < -0.4 is 0 Å². The second-order valence-corrected chi connectivity index (χ2v) is 6.50. The molecule has 0 bridgehead atoms. The predicted molar refractivity (Wildman–Crippen MR) is 83.8 cm³/mol. The molecule has 0 saturated carbocycles. The summed E-state index contributed by atoms with van der Waals surface area (Å²) in [5, 5.41) is 11.6. The summed E-state index contributed by atoms with van der Waals surface area (Å²) in [5.41, 5.74) is 0.651. The number of carbonyl (C=O) groups is 1. The number of aromatic nitrogens is 2. The average Bonchev–Trinajstić information content (AvgIpc) is 3.05. The average molecular weight is 300 g/mol. The Balaban J connectivity index is 2.21. The standard InChI is InChI=1S/C16H16N2O2S/c1-16(2,15(19)20)18-13-8-4-3-7-12(13)17-14(18)10-11-6-5-9-21-11/h3-9H,10H2,1-2H3,(H,19,20). The topological polar surface area (TPSA) is 55.1 Å². The molecular formula is C16H16N2O2S. The molecule has 21 heavy (non-hydrogen) atoms. The third-order valence-electron chi connectivity index (χ3n) is 3.63. The van der Waals surface area contributed by atoms with Crippen molar-refractivity contribution < 1.29 is 9.90 Å². The largest absolute Gasteiger partial charge is 0.480 e. The third kappa shape index (κ3) is 2.34. The van der Waals surface area contributed by atoms with Crippen LogP contribution in [0.2, 0.25) is 0 Å². The van der Waals surface area contributed by atoms with Crippen molar-refractivity contribution in [2.24, 2.45) is 0 Å². The van der Waals surface area contributed by atoms with Crippen LogP contribution in [0, 0.1) is 0 Å². The summed E-state index contributed by atoms with van der Waals surface area (Å²) in [7, 11) is 0. The number of carboxylic acids is 1. The van der Waals surface area contributed by atoms with E-state index in [-0.39, 0.29) is 0 Å². The van der Waals surface area contributed by atoms with E-state index in [1.54, 1.807) is 25.2 Å². The van der Waals surface area contributed by atoms with E-state index in [0.29, 0.717) is 6.42 Å². The number of nitrogens with zero attached hydrogens (tertiary/aromatic N) is 2. The van der Waals surface area contributed by atoms with Gasteiger partial charge in [-0.3, -0.25) is 0 Å². The first-order chi connectivity index (χ1) is 10.00. The van der Waals surface area contributed by atoms with Gasteiger partial charge in [-0.05, 0) is 37.4 Å². The molecule has 0 fully saturated rings. The summed E-state index contributed by atoms with van der Waals surface area (Å²) in [6.07, 6.45) is 0.642. The first kappa shape index (κ1) is 13.8. The van der Waals surface area contributed by atoms with Crippen LogP contribution in [0.4, 0.5) is 0 Å². The lowest BCUT2D eigenvalue weighted by molar-refractivity contribution is -0.145. The fourth-order valence-corrected chi connectivity index (χ4v) is 3.18. The number of aliphatic carboxylic acids is 1. The zero-order chi connectivity index (χ0) is 15.0. The van der Waals surface area contributed by atoms with Crippen molar-refractivity contribution in [1.82, 2.24) is 9.55 Å². The van der Waals surface area contributed by atoms with E-state index in [0.717, 1.165) is 16.9 Å². The Morgan fingerprint density at radius 1 is 1.29 bits per heavy atom. The van der Waals surface area contributed by atoms with Gasteiger partial charge in [0.2, 0.25) is 0 Å². The number of imidazole rings is 1. The minimum Gasteiger partial charge on any atom is -0.480 e. The van der Waals surface area contributed by atoms with Gasteiger partial charge in [-0.25, -0.2) is 9.78 Å². The number of hydrogen-bond donors (Lipinski definition) is 1. The highest BCUT2D eigenvalue weighted by atomic mass is 32.1. The molecule has 0 saturated heterocycles. The van der Waals surface area contributed by atoms with Crippen LogP contribution in [0.15, 0.2) is 41.8 Å². The highest BCUT2D eigenvalue weighted by molar-refractivity contribution is 7.09. The molecule has 0 unspecified atom stereocenters. The maximum atomic E-state index is 11.7. The Kier molecular flexibility index (Phi) is 3.29. The Labute approximate surface area is 126 Å². The second-order valence-electron chi connectivity index (χ2n) is 5.47. The third-order valence-corrected chi connectivity index (χ3v) is 4.50. The molecule has 5 heteroatoms. The van der Waals surface area contributed by atoms with E-state index in [1.165, 1.54) is 4.88 Å². The monoisotopic (exact) mass is 300 g/mol. The summed E-state index contributed by atoms with van der Waals surface area (Å²) in [5.74, 6) is -0.0795. The van der Waals surface area contributed by atoms with E-state index in [2.05, 4.69) is 4.98 Å². The van der Waals surface area contributed by atoms with Gasteiger partial charge in [0.05, 0.1) is 11.0 Å². The van der Waals surface area contributed by atoms with Gasteiger partial charge in [-0.2, -0.15) is 0 Å². The zero-order valence-corrected chi connectivity index (χ0v) is 12.7. The van der Waals surface area contributed by atoms with Crippen LogP contribution >= 0.6 is 11.3 Å². The van der Waals surface area contributed by atoms with Crippen LogP contribution in [0.1, 0.15) is 24.5 Å². The first-order valence-electron chi connectivity index (χ1n) is 6.73. The molecule has 3 aromatic rings. The maximum absolute atomic E-state index is 11.7. The van der Waals surface area contributed by atoms with Crippen molar-refractivity contribution in [1.29, 1.82) is 0 Å². The molecule has 0 atom stereocenters. The van der Waals surface area contributed by atoms with Gasteiger partial charge in [-0.1, -0.05) is 18.2 Å². The molecule has 0 radical (unpaired) electrons. The fourth-order valence-electron chi connectivity index (χ4n) is 2.48. The molecular weight excluding hydrogens is 284 g/mol. The predicted octanol–water partition coefficient (Wildman–Crippen LogP) is 3.51. The zero-order valence-electron chi connectivity index (χ0n) is 11.9. The molecule has 0 aliphatic carbocycles. The van der Waals surface area contributed by atoms with Crippen molar-refractivity contribution in [3.63, 3.8) is 0 Å². The Hall–Kier alpha value is -2.14. The lowest BCUT2D eigenvalue weighted by Crippen LogP contribution is -2.36. The molecule has 1 aromatic carbocycles. The Morgan fingerprint density at radius 2 is 2.05 bits per heavy atom.